The van der Waals surface area contributed by atoms with E-state index in [0.29, 0.717) is 19.4 Å². The SMILES string of the molecule is C1COCCN1.CO.O=C(CCl)Cc1ccc2cnccc2c1.O=C(Cc1ccc2cnccc2c1)CN1CCOCC1. The molecular formula is C33H41ClN4O5. The summed E-state index contributed by atoms with van der Waals surface area (Å²) in [6.07, 6.45) is 8.08. The van der Waals surface area contributed by atoms with Gasteiger partial charge in [-0.15, -0.1) is 11.6 Å². The number of benzene rings is 2. The molecule has 0 aliphatic carbocycles. The highest BCUT2D eigenvalue weighted by Gasteiger charge is 2.14. The van der Waals surface area contributed by atoms with Crippen LogP contribution in [-0.2, 0) is 31.9 Å². The minimum atomic E-state index is 0.0464. The van der Waals surface area contributed by atoms with Crippen LogP contribution in [0.5, 0.6) is 0 Å². The predicted molar refractivity (Wildman–Crippen MR) is 171 cm³/mol. The Morgan fingerprint density at radius 2 is 1.28 bits per heavy atom. The number of nitrogens with zero attached hydrogens (tertiary/aromatic N) is 3. The highest BCUT2D eigenvalue weighted by Crippen LogP contribution is 2.16. The van der Waals surface area contributed by atoms with E-state index < -0.39 is 0 Å². The zero-order chi connectivity index (χ0) is 30.7. The van der Waals surface area contributed by atoms with E-state index >= 15 is 0 Å². The molecule has 0 spiro atoms. The van der Waals surface area contributed by atoms with Crippen LogP contribution in [0.15, 0.2) is 73.3 Å². The van der Waals surface area contributed by atoms with Crippen LogP contribution in [-0.4, -0.2) is 104 Å². The van der Waals surface area contributed by atoms with Crippen molar-refractivity contribution in [3.8, 4) is 0 Å². The van der Waals surface area contributed by atoms with E-state index in [1.54, 1.807) is 12.4 Å². The number of fused-ring (bicyclic) bond motifs is 2. The molecule has 6 rings (SSSR count). The van der Waals surface area contributed by atoms with Crippen LogP contribution in [0.25, 0.3) is 21.5 Å². The number of nitrogens with one attached hydrogen (secondary N) is 1. The Labute approximate surface area is 258 Å². The molecule has 2 N–H and O–H groups in total. The number of morpholine rings is 2. The number of aliphatic hydroxyl groups excluding tert-OH is 1. The van der Waals surface area contributed by atoms with Crippen LogP contribution in [0.4, 0.5) is 0 Å². The fourth-order valence-corrected chi connectivity index (χ4v) is 4.66. The fraction of sp³-hybridized carbons (Fsp3) is 0.394. The van der Waals surface area contributed by atoms with Gasteiger partial charge in [0, 0.05) is 81.7 Å². The maximum Gasteiger partial charge on any atom is 0.151 e. The van der Waals surface area contributed by atoms with E-state index in [4.69, 9.17) is 26.2 Å². The minimum Gasteiger partial charge on any atom is -0.400 e. The number of ketones is 2. The number of aliphatic hydroxyl groups is 1. The maximum atomic E-state index is 12.1. The summed E-state index contributed by atoms with van der Waals surface area (Å²) in [4.78, 5) is 33.6. The predicted octanol–water partition coefficient (Wildman–Crippen LogP) is 3.48. The third-order valence-corrected chi connectivity index (χ3v) is 7.01. The first-order chi connectivity index (χ1) is 21.1. The van der Waals surface area contributed by atoms with E-state index in [9.17, 15) is 9.59 Å². The standard InChI is InChI=1S/C16H18N2O2.C12H10ClNO.C4H9NO.CH4O/c19-16(12-18-5-7-20-8-6-18)10-13-1-2-15-11-17-4-3-14(15)9-13;13-7-12(15)6-9-1-2-11-8-14-4-3-10(11)5-9;1-3-6-4-2-5-1;1-2/h1-4,9,11H,5-8,10,12H2;1-5,8H,6-7H2;5H,1-4H2;2H,1H3. The number of ether oxygens (including phenoxy) is 2. The molecule has 0 atom stereocenters. The number of pyridine rings is 2. The van der Waals surface area contributed by atoms with Crippen molar-refractivity contribution in [1.82, 2.24) is 20.2 Å². The van der Waals surface area contributed by atoms with Crippen molar-refractivity contribution < 1.29 is 24.2 Å². The molecule has 0 unspecified atom stereocenters. The molecule has 2 aromatic carbocycles. The lowest BCUT2D eigenvalue weighted by molar-refractivity contribution is -0.120. The monoisotopic (exact) mass is 608 g/mol. The van der Waals surface area contributed by atoms with Gasteiger partial charge in [0.2, 0.25) is 0 Å². The Balaban J connectivity index is 0.000000193. The summed E-state index contributed by atoms with van der Waals surface area (Å²) in [6.45, 7) is 7.54. The van der Waals surface area contributed by atoms with Crippen molar-refractivity contribution in [2.75, 3.05) is 72.1 Å². The van der Waals surface area contributed by atoms with Crippen LogP contribution in [0.2, 0.25) is 0 Å². The van der Waals surface area contributed by atoms with Crippen molar-refractivity contribution in [3.63, 3.8) is 0 Å². The number of aromatic nitrogens is 2. The molecule has 4 aromatic rings. The van der Waals surface area contributed by atoms with E-state index in [2.05, 4.69) is 26.3 Å². The summed E-state index contributed by atoms with van der Waals surface area (Å²) in [6, 6.07) is 15.9. The summed E-state index contributed by atoms with van der Waals surface area (Å²) >= 11 is 5.46. The maximum absolute atomic E-state index is 12.1. The Hall–Kier alpha value is -3.31. The highest BCUT2D eigenvalue weighted by molar-refractivity contribution is 6.27. The van der Waals surface area contributed by atoms with Gasteiger partial charge in [-0.2, -0.15) is 0 Å². The second kappa shape index (κ2) is 19.8. The molecule has 10 heteroatoms. The van der Waals surface area contributed by atoms with E-state index in [1.807, 2.05) is 54.9 Å². The van der Waals surface area contributed by atoms with Gasteiger partial charge in [0.05, 0.1) is 38.9 Å². The molecule has 0 radical (unpaired) electrons. The van der Waals surface area contributed by atoms with Gasteiger partial charge >= 0.3 is 0 Å². The van der Waals surface area contributed by atoms with Gasteiger partial charge < -0.3 is 19.9 Å². The number of carbonyl (C=O) groups is 2. The van der Waals surface area contributed by atoms with Crippen LogP contribution < -0.4 is 5.32 Å². The average molecular weight is 609 g/mol. The third kappa shape index (κ3) is 12.4. The van der Waals surface area contributed by atoms with Gasteiger partial charge in [-0.1, -0.05) is 36.4 Å². The number of alkyl halides is 1. The molecule has 9 nitrogen and oxygen atoms in total. The van der Waals surface area contributed by atoms with Gasteiger partial charge in [-0.25, -0.2) is 0 Å². The molecular weight excluding hydrogens is 568 g/mol. The third-order valence-electron chi connectivity index (χ3n) is 6.71. The molecule has 2 aromatic heterocycles. The molecule has 0 saturated carbocycles. The lowest BCUT2D eigenvalue weighted by Crippen LogP contribution is -2.39. The van der Waals surface area contributed by atoms with Gasteiger partial charge in [-0.3, -0.25) is 24.5 Å². The van der Waals surface area contributed by atoms with E-state index in [1.165, 1.54) is 0 Å². The van der Waals surface area contributed by atoms with Crippen molar-refractivity contribution in [2.45, 2.75) is 12.8 Å². The quantitative estimate of drug-likeness (QED) is 0.304. The molecule has 2 fully saturated rings. The van der Waals surface area contributed by atoms with Crippen LogP contribution in [0, 0.1) is 0 Å². The molecule has 0 bridgehead atoms. The largest absolute Gasteiger partial charge is 0.400 e. The van der Waals surface area contributed by atoms with Crippen molar-refractivity contribution in [3.05, 3.63) is 84.4 Å². The molecule has 230 valence electrons. The van der Waals surface area contributed by atoms with Gasteiger partial charge in [0.15, 0.2) is 11.6 Å². The van der Waals surface area contributed by atoms with E-state index in [0.717, 1.165) is 92.4 Å². The zero-order valence-electron chi connectivity index (χ0n) is 24.7. The number of Topliss-reactive ketones (excluding diaryl/α,β-unsaturated/α-hetero) is 2. The lowest BCUT2D eigenvalue weighted by atomic mass is 10.0. The highest BCUT2D eigenvalue weighted by atomic mass is 35.5. The van der Waals surface area contributed by atoms with Gasteiger partial charge in [0.1, 0.15) is 0 Å². The summed E-state index contributed by atoms with van der Waals surface area (Å²) in [5, 5.41) is 14.6. The molecule has 4 heterocycles. The molecule has 2 aliphatic heterocycles. The van der Waals surface area contributed by atoms with Crippen molar-refractivity contribution in [2.24, 2.45) is 0 Å². The Morgan fingerprint density at radius 3 is 1.74 bits per heavy atom. The summed E-state index contributed by atoms with van der Waals surface area (Å²) < 4.78 is 10.3. The van der Waals surface area contributed by atoms with Crippen LogP contribution >= 0.6 is 11.6 Å². The number of carbonyl (C=O) groups excluding carboxylic acids is 2. The smallest absolute Gasteiger partial charge is 0.151 e. The number of halogens is 1. The summed E-state index contributed by atoms with van der Waals surface area (Å²) in [5.74, 6) is 0.388. The summed E-state index contributed by atoms with van der Waals surface area (Å²) in [7, 11) is 1.00. The van der Waals surface area contributed by atoms with Crippen molar-refractivity contribution >= 4 is 44.7 Å². The lowest BCUT2D eigenvalue weighted by Gasteiger charge is -2.25. The topological polar surface area (TPSA) is 114 Å². The van der Waals surface area contributed by atoms with E-state index in [-0.39, 0.29) is 17.4 Å². The Bertz CT molecular complexity index is 1400. The first-order valence-corrected chi connectivity index (χ1v) is 14.9. The van der Waals surface area contributed by atoms with Crippen molar-refractivity contribution in [1.29, 1.82) is 0 Å². The molecule has 2 aliphatic rings. The summed E-state index contributed by atoms with van der Waals surface area (Å²) in [5.41, 5.74) is 2.07. The Kier molecular flexibility index (Phi) is 15.7. The second-order valence-electron chi connectivity index (χ2n) is 9.93. The molecule has 43 heavy (non-hydrogen) atoms. The normalized spacial score (nSPS) is 14.8. The number of rotatable bonds is 7. The number of hydrogen-bond acceptors (Lipinski definition) is 9. The second-order valence-corrected chi connectivity index (χ2v) is 10.2. The van der Waals surface area contributed by atoms with Gasteiger partial charge in [0.25, 0.3) is 0 Å². The van der Waals surface area contributed by atoms with Gasteiger partial charge in [-0.05, 0) is 34.0 Å². The van der Waals surface area contributed by atoms with Crippen LogP contribution in [0.1, 0.15) is 11.1 Å². The minimum absolute atomic E-state index is 0.0464. The zero-order valence-corrected chi connectivity index (χ0v) is 25.5. The fourth-order valence-electron chi connectivity index (χ4n) is 4.57. The first kappa shape index (κ1) is 34.2. The average Bonchev–Trinajstić information content (AvgIpc) is 3.07. The Morgan fingerprint density at radius 1 is 0.767 bits per heavy atom. The first-order valence-electron chi connectivity index (χ1n) is 14.4. The number of hydrogen-bond donors (Lipinski definition) is 2. The van der Waals surface area contributed by atoms with Crippen LogP contribution in [0.3, 0.4) is 0 Å². The molecule has 2 saturated heterocycles. The molecule has 0 amide bonds.